The Morgan fingerprint density at radius 3 is 2.62 bits per heavy atom. The van der Waals surface area contributed by atoms with Crippen molar-refractivity contribution >= 4 is 22.6 Å². The summed E-state index contributed by atoms with van der Waals surface area (Å²) in [6.45, 7) is 2.19. The maximum absolute atomic E-state index is 2.31. The number of allylic oxidation sites excluding steroid dienone is 1. The molecule has 1 heteroatoms. The predicted molar refractivity (Wildman–Crippen MR) is 67.2 cm³/mol. The fourth-order valence-electron chi connectivity index (χ4n) is 1.27. The summed E-state index contributed by atoms with van der Waals surface area (Å²) in [5, 5.41) is 0. The first kappa shape index (κ1) is 10.8. The molecule has 0 saturated heterocycles. The Morgan fingerprint density at radius 1 is 1.31 bits per heavy atom. The predicted octanol–water partition coefficient (Wildman–Crippen LogP) is 4.35. The van der Waals surface area contributed by atoms with Gasteiger partial charge in [-0.1, -0.05) is 58.5 Å². The molecule has 0 saturated carbocycles. The first-order chi connectivity index (χ1) is 6.33. The number of hydrogen-bond donors (Lipinski definition) is 0. The van der Waals surface area contributed by atoms with Crippen LogP contribution in [0, 0.1) is 0 Å². The summed E-state index contributed by atoms with van der Waals surface area (Å²) in [5.41, 5.74) is 2.93. The summed E-state index contributed by atoms with van der Waals surface area (Å²) in [7, 11) is 0. The van der Waals surface area contributed by atoms with E-state index in [0.717, 1.165) is 0 Å². The lowest BCUT2D eigenvalue weighted by Gasteiger charge is -2.00. The molecule has 0 nitrogen and oxygen atoms in total. The zero-order valence-corrected chi connectivity index (χ0v) is 10.1. The van der Waals surface area contributed by atoms with Gasteiger partial charge in [-0.15, -0.1) is 0 Å². The van der Waals surface area contributed by atoms with Crippen molar-refractivity contribution in [2.75, 3.05) is 0 Å². The minimum absolute atomic E-state index is 1.20. The summed E-state index contributed by atoms with van der Waals surface area (Å²) in [4.78, 5) is 0. The molecular formula is C12H15I. The molecule has 0 heterocycles. The van der Waals surface area contributed by atoms with Crippen LogP contribution in [0.15, 0.2) is 40.0 Å². The molecular weight excluding hydrogens is 271 g/mol. The van der Waals surface area contributed by atoms with Gasteiger partial charge in [0.15, 0.2) is 0 Å². The lowest BCUT2D eigenvalue weighted by Crippen LogP contribution is -1.85. The molecule has 13 heavy (non-hydrogen) atoms. The Kier molecular flexibility index (Phi) is 5.13. The van der Waals surface area contributed by atoms with E-state index in [1.807, 2.05) is 0 Å². The third kappa shape index (κ3) is 4.46. The zero-order chi connectivity index (χ0) is 9.52. The summed E-state index contributed by atoms with van der Waals surface area (Å²) in [6, 6.07) is 10.7. The quantitative estimate of drug-likeness (QED) is 0.722. The van der Waals surface area contributed by atoms with Crippen LogP contribution in [0.5, 0.6) is 0 Å². The van der Waals surface area contributed by atoms with E-state index in [1.165, 1.54) is 30.4 Å². The third-order valence-electron chi connectivity index (χ3n) is 2.07. The minimum Gasteiger partial charge on any atom is -0.0673 e. The van der Waals surface area contributed by atoms with Crippen molar-refractivity contribution in [3.05, 3.63) is 45.6 Å². The van der Waals surface area contributed by atoms with Crippen molar-refractivity contribution in [1.29, 1.82) is 0 Å². The van der Waals surface area contributed by atoms with Gasteiger partial charge in [-0.2, -0.15) is 0 Å². The van der Waals surface area contributed by atoms with E-state index >= 15 is 0 Å². The van der Waals surface area contributed by atoms with Crippen LogP contribution in [0.1, 0.15) is 25.3 Å². The number of rotatable bonds is 4. The van der Waals surface area contributed by atoms with Crippen LogP contribution in [-0.2, 0) is 6.42 Å². The molecule has 0 fully saturated rings. The second-order valence-electron chi connectivity index (χ2n) is 3.29. The van der Waals surface area contributed by atoms with Crippen molar-refractivity contribution in [3.63, 3.8) is 0 Å². The van der Waals surface area contributed by atoms with Crippen LogP contribution in [0.3, 0.4) is 0 Å². The van der Waals surface area contributed by atoms with Crippen LogP contribution in [0.2, 0.25) is 0 Å². The van der Waals surface area contributed by atoms with Gasteiger partial charge in [0.05, 0.1) is 0 Å². The first-order valence-corrected chi connectivity index (χ1v) is 5.87. The Labute approximate surface area is 94.2 Å². The monoisotopic (exact) mass is 286 g/mol. The summed E-state index contributed by atoms with van der Waals surface area (Å²) in [5.74, 6) is 0. The zero-order valence-electron chi connectivity index (χ0n) is 7.96. The van der Waals surface area contributed by atoms with Gasteiger partial charge in [0, 0.05) is 0 Å². The van der Waals surface area contributed by atoms with Crippen LogP contribution >= 0.6 is 22.6 Å². The summed E-state index contributed by atoms with van der Waals surface area (Å²) in [6.07, 6.45) is 3.68. The number of aryl methyl sites for hydroxylation is 1. The largest absolute Gasteiger partial charge is 0.0673 e. The Balaban J connectivity index is 2.28. The molecule has 1 aromatic rings. The lowest BCUT2D eigenvalue weighted by atomic mass is 10.1. The van der Waals surface area contributed by atoms with Gasteiger partial charge in [0.2, 0.25) is 0 Å². The molecule has 0 unspecified atom stereocenters. The van der Waals surface area contributed by atoms with Gasteiger partial charge >= 0.3 is 0 Å². The standard InChI is InChI=1S/C12H15I/c1-11(10-13)6-5-9-12-7-3-2-4-8-12/h2-4,7-8,10H,5-6,9H2,1H3/b11-10+. The third-order valence-corrected chi connectivity index (χ3v) is 3.13. The topological polar surface area (TPSA) is 0 Å². The highest BCUT2D eigenvalue weighted by Gasteiger charge is 1.92. The smallest absolute Gasteiger partial charge is 0.0245 e. The second kappa shape index (κ2) is 6.19. The van der Waals surface area contributed by atoms with Gasteiger partial charge in [0.1, 0.15) is 0 Å². The fraction of sp³-hybridized carbons (Fsp3) is 0.333. The van der Waals surface area contributed by atoms with Gasteiger partial charge < -0.3 is 0 Å². The van der Waals surface area contributed by atoms with Crippen LogP contribution in [0.25, 0.3) is 0 Å². The number of hydrogen-bond acceptors (Lipinski definition) is 0. The van der Waals surface area contributed by atoms with Crippen LogP contribution in [-0.4, -0.2) is 0 Å². The molecule has 0 aromatic heterocycles. The number of benzene rings is 1. The van der Waals surface area contributed by atoms with E-state index in [9.17, 15) is 0 Å². The van der Waals surface area contributed by atoms with Crippen molar-refractivity contribution in [2.24, 2.45) is 0 Å². The van der Waals surface area contributed by atoms with Crippen molar-refractivity contribution in [1.82, 2.24) is 0 Å². The molecule has 0 amide bonds. The van der Waals surface area contributed by atoms with E-state index in [1.54, 1.807) is 0 Å². The average Bonchev–Trinajstić information content (AvgIpc) is 2.19. The molecule has 0 atom stereocenters. The van der Waals surface area contributed by atoms with E-state index in [2.05, 4.69) is 63.9 Å². The van der Waals surface area contributed by atoms with E-state index in [-0.39, 0.29) is 0 Å². The Hall–Kier alpha value is -0.310. The van der Waals surface area contributed by atoms with Crippen molar-refractivity contribution in [2.45, 2.75) is 26.2 Å². The maximum Gasteiger partial charge on any atom is -0.0245 e. The molecule has 0 aliphatic heterocycles. The van der Waals surface area contributed by atoms with E-state index in [0.29, 0.717) is 0 Å². The molecule has 0 N–H and O–H groups in total. The average molecular weight is 286 g/mol. The normalized spacial score (nSPS) is 11.7. The van der Waals surface area contributed by atoms with Gasteiger partial charge in [-0.3, -0.25) is 0 Å². The molecule has 1 aromatic carbocycles. The van der Waals surface area contributed by atoms with Gasteiger partial charge in [0.25, 0.3) is 0 Å². The highest BCUT2D eigenvalue weighted by molar-refractivity contribution is 14.1. The fourth-order valence-corrected chi connectivity index (χ4v) is 1.58. The molecule has 0 radical (unpaired) electrons. The van der Waals surface area contributed by atoms with Crippen LogP contribution in [0.4, 0.5) is 0 Å². The Morgan fingerprint density at radius 2 is 2.00 bits per heavy atom. The van der Waals surface area contributed by atoms with E-state index < -0.39 is 0 Å². The molecule has 1 rings (SSSR count). The second-order valence-corrected chi connectivity index (χ2v) is 3.92. The van der Waals surface area contributed by atoms with Gasteiger partial charge in [-0.25, -0.2) is 0 Å². The van der Waals surface area contributed by atoms with Crippen molar-refractivity contribution < 1.29 is 0 Å². The molecule has 0 aliphatic carbocycles. The summed E-state index contributed by atoms with van der Waals surface area (Å²) >= 11 is 2.31. The highest BCUT2D eigenvalue weighted by Crippen LogP contribution is 2.10. The Bertz CT molecular complexity index is 262. The minimum atomic E-state index is 1.20. The number of halogens is 1. The highest BCUT2D eigenvalue weighted by atomic mass is 127. The van der Waals surface area contributed by atoms with Crippen molar-refractivity contribution in [3.8, 4) is 0 Å². The molecule has 70 valence electrons. The maximum atomic E-state index is 2.31. The summed E-state index contributed by atoms with van der Waals surface area (Å²) < 4.78 is 2.17. The van der Waals surface area contributed by atoms with Crippen LogP contribution < -0.4 is 0 Å². The first-order valence-electron chi connectivity index (χ1n) is 4.62. The molecule has 0 aliphatic rings. The van der Waals surface area contributed by atoms with Gasteiger partial charge in [-0.05, 0) is 35.8 Å². The van der Waals surface area contributed by atoms with E-state index in [4.69, 9.17) is 0 Å². The SMILES string of the molecule is C/C(=C\I)CCCc1ccccc1. The molecule has 0 bridgehead atoms. The lowest BCUT2D eigenvalue weighted by molar-refractivity contribution is 0.813. The molecule has 0 spiro atoms.